The summed E-state index contributed by atoms with van der Waals surface area (Å²) in [5.41, 5.74) is 2.96. The third-order valence-corrected chi connectivity index (χ3v) is 2.58. The summed E-state index contributed by atoms with van der Waals surface area (Å²) in [6.07, 6.45) is 1.44. The third kappa shape index (κ3) is 3.42. The fourth-order valence-corrected chi connectivity index (χ4v) is 1.89. The third-order valence-electron chi connectivity index (χ3n) is 2.58. The summed E-state index contributed by atoms with van der Waals surface area (Å²) in [7, 11) is 1.79. The highest BCUT2D eigenvalue weighted by Gasteiger charge is 2.12. The van der Waals surface area contributed by atoms with Gasteiger partial charge in [-0.25, -0.2) is 4.98 Å². The van der Waals surface area contributed by atoms with E-state index in [9.17, 15) is 4.79 Å². The van der Waals surface area contributed by atoms with Crippen molar-refractivity contribution in [3.63, 3.8) is 0 Å². The maximum Gasteiger partial charge on any atom is 0.293 e. The van der Waals surface area contributed by atoms with E-state index in [1.807, 2.05) is 26.0 Å². The summed E-state index contributed by atoms with van der Waals surface area (Å²) >= 11 is 0. The molecular weight excluding hydrogens is 242 g/mol. The van der Waals surface area contributed by atoms with E-state index in [-0.39, 0.29) is 11.7 Å². The molecule has 0 spiro atoms. The molecule has 0 aliphatic rings. The standard InChI is InChI=1S/C14H17N3O2/c1-9-4-10(2)6-11(5-9)17-14(18)12-7-16-13(19-12)8-15-3/h4-7,15H,8H2,1-3H3,(H,17,18). The second-order valence-electron chi connectivity index (χ2n) is 4.48. The fourth-order valence-electron chi connectivity index (χ4n) is 1.89. The van der Waals surface area contributed by atoms with Crippen molar-refractivity contribution in [3.8, 4) is 0 Å². The van der Waals surface area contributed by atoms with E-state index >= 15 is 0 Å². The Morgan fingerprint density at radius 3 is 2.58 bits per heavy atom. The molecule has 5 nitrogen and oxygen atoms in total. The van der Waals surface area contributed by atoms with Gasteiger partial charge < -0.3 is 15.1 Å². The molecule has 1 heterocycles. The number of benzene rings is 1. The van der Waals surface area contributed by atoms with E-state index in [1.165, 1.54) is 6.20 Å². The number of hydrogen-bond donors (Lipinski definition) is 2. The lowest BCUT2D eigenvalue weighted by molar-refractivity contribution is 0.0995. The molecule has 2 N–H and O–H groups in total. The molecule has 0 saturated heterocycles. The van der Waals surface area contributed by atoms with E-state index in [2.05, 4.69) is 21.7 Å². The van der Waals surface area contributed by atoms with Crippen LogP contribution < -0.4 is 10.6 Å². The number of aryl methyl sites for hydroxylation is 2. The van der Waals surface area contributed by atoms with Gasteiger partial charge in [-0.3, -0.25) is 4.79 Å². The van der Waals surface area contributed by atoms with Gasteiger partial charge in [0.15, 0.2) is 0 Å². The average molecular weight is 259 g/mol. The zero-order chi connectivity index (χ0) is 13.8. The Morgan fingerprint density at radius 1 is 1.26 bits per heavy atom. The number of nitrogens with one attached hydrogen (secondary N) is 2. The SMILES string of the molecule is CNCc1ncc(C(=O)Nc2cc(C)cc(C)c2)o1. The van der Waals surface area contributed by atoms with Crippen LogP contribution in [0.2, 0.25) is 0 Å². The van der Waals surface area contributed by atoms with Crippen LogP contribution in [0.1, 0.15) is 27.6 Å². The second kappa shape index (κ2) is 5.67. The number of rotatable bonds is 4. The minimum atomic E-state index is -0.292. The van der Waals surface area contributed by atoms with Gasteiger partial charge in [-0.1, -0.05) is 6.07 Å². The topological polar surface area (TPSA) is 67.2 Å². The molecule has 0 atom stereocenters. The Balaban J connectivity index is 2.11. The summed E-state index contributed by atoms with van der Waals surface area (Å²) in [4.78, 5) is 16.0. The van der Waals surface area contributed by atoms with Gasteiger partial charge in [-0.15, -0.1) is 0 Å². The molecule has 1 aromatic heterocycles. The number of hydrogen-bond acceptors (Lipinski definition) is 4. The lowest BCUT2D eigenvalue weighted by atomic mass is 10.1. The molecule has 0 radical (unpaired) electrons. The number of aromatic nitrogens is 1. The molecule has 0 unspecified atom stereocenters. The van der Waals surface area contributed by atoms with Crippen molar-refractivity contribution in [2.45, 2.75) is 20.4 Å². The number of carbonyl (C=O) groups excluding carboxylic acids is 1. The largest absolute Gasteiger partial charge is 0.434 e. The number of anilines is 1. The highest BCUT2D eigenvalue weighted by atomic mass is 16.4. The molecule has 0 aliphatic carbocycles. The van der Waals surface area contributed by atoms with Crippen molar-refractivity contribution < 1.29 is 9.21 Å². The van der Waals surface area contributed by atoms with Crippen molar-refractivity contribution in [2.24, 2.45) is 0 Å². The molecule has 100 valence electrons. The van der Waals surface area contributed by atoms with Crippen LogP contribution in [0.4, 0.5) is 5.69 Å². The smallest absolute Gasteiger partial charge is 0.293 e. The summed E-state index contributed by atoms with van der Waals surface area (Å²) in [6, 6.07) is 5.88. The summed E-state index contributed by atoms with van der Waals surface area (Å²) in [5.74, 6) is 0.414. The van der Waals surface area contributed by atoms with Crippen LogP contribution >= 0.6 is 0 Å². The van der Waals surface area contributed by atoms with Crippen LogP contribution in [0.15, 0.2) is 28.8 Å². The molecule has 1 aromatic carbocycles. The minimum absolute atomic E-state index is 0.212. The molecule has 5 heteroatoms. The first-order valence-electron chi connectivity index (χ1n) is 6.07. The first-order chi connectivity index (χ1) is 9.08. The lowest BCUT2D eigenvalue weighted by Crippen LogP contribution is -2.11. The Hall–Kier alpha value is -2.14. The molecule has 2 rings (SSSR count). The first kappa shape index (κ1) is 13.3. The van der Waals surface area contributed by atoms with Crippen molar-refractivity contribution in [3.05, 3.63) is 47.2 Å². The number of amides is 1. The molecule has 2 aromatic rings. The van der Waals surface area contributed by atoms with E-state index in [0.717, 1.165) is 16.8 Å². The van der Waals surface area contributed by atoms with Crippen molar-refractivity contribution in [2.75, 3.05) is 12.4 Å². The van der Waals surface area contributed by atoms with Gasteiger partial charge >= 0.3 is 0 Å². The Bertz CT molecular complexity index is 570. The van der Waals surface area contributed by atoms with Gasteiger partial charge in [-0.05, 0) is 44.2 Å². The van der Waals surface area contributed by atoms with Gasteiger partial charge in [0.1, 0.15) is 0 Å². The maximum absolute atomic E-state index is 12.0. The Kier molecular flexibility index (Phi) is 3.97. The van der Waals surface area contributed by atoms with Gasteiger partial charge in [0.25, 0.3) is 5.91 Å². The van der Waals surface area contributed by atoms with E-state index < -0.39 is 0 Å². The van der Waals surface area contributed by atoms with Gasteiger partial charge in [0.2, 0.25) is 11.7 Å². The van der Waals surface area contributed by atoms with Crippen molar-refractivity contribution >= 4 is 11.6 Å². The van der Waals surface area contributed by atoms with E-state index in [0.29, 0.717) is 12.4 Å². The van der Waals surface area contributed by atoms with Crippen LogP contribution in [0, 0.1) is 13.8 Å². The molecule has 0 saturated carbocycles. The fraction of sp³-hybridized carbons (Fsp3) is 0.286. The molecule has 1 amide bonds. The second-order valence-corrected chi connectivity index (χ2v) is 4.48. The zero-order valence-electron chi connectivity index (χ0n) is 11.3. The lowest BCUT2D eigenvalue weighted by Gasteiger charge is -2.05. The van der Waals surface area contributed by atoms with Crippen LogP contribution in [-0.2, 0) is 6.54 Å². The monoisotopic (exact) mass is 259 g/mol. The molecule has 0 aliphatic heterocycles. The molecule has 0 fully saturated rings. The first-order valence-corrected chi connectivity index (χ1v) is 6.07. The summed E-state index contributed by atoms with van der Waals surface area (Å²) in [6.45, 7) is 4.47. The zero-order valence-corrected chi connectivity index (χ0v) is 11.3. The van der Waals surface area contributed by atoms with Crippen molar-refractivity contribution in [1.29, 1.82) is 0 Å². The van der Waals surface area contributed by atoms with Crippen molar-refractivity contribution in [1.82, 2.24) is 10.3 Å². The number of oxazole rings is 1. The molecule has 19 heavy (non-hydrogen) atoms. The predicted molar refractivity (Wildman–Crippen MR) is 73.1 cm³/mol. The van der Waals surface area contributed by atoms with E-state index in [4.69, 9.17) is 4.42 Å². The van der Waals surface area contributed by atoms with Crippen LogP contribution in [0.3, 0.4) is 0 Å². The molecule has 0 bridgehead atoms. The number of nitrogens with zero attached hydrogens (tertiary/aromatic N) is 1. The maximum atomic E-state index is 12.0. The van der Waals surface area contributed by atoms with E-state index in [1.54, 1.807) is 7.05 Å². The van der Waals surface area contributed by atoms with Gasteiger partial charge in [0, 0.05) is 5.69 Å². The minimum Gasteiger partial charge on any atom is -0.434 e. The van der Waals surface area contributed by atoms with Crippen LogP contribution in [-0.4, -0.2) is 17.9 Å². The molecular formula is C14H17N3O2. The predicted octanol–water partition coefficient (Wildman–Crippen LogP) is 2.26. The highest BCUT2D eigenvalue weighted by molar-refractivity contribution is 6.02. The van der Waals surface area contributed by atoms with Gasteiger partial charge in [0.05, 0.1) is 12.7 Å². The van der Waals surface area contributed by atoms with Gasteiger partial charge in [-0.2, -0.15) is 0 Å². The number of carbonyl (C=O) groups is 1. The van der Waals surface area contributed by atoms with Crippen LogP contribution in [0.5, 0.6) is 0 Å². The Labute approximate surface area is 112 Å². The quantitative estimate of drug-likeness (QED) is 0.883. The average Bonchev–Trinajstić information content (AvgIpc) is 2.76. The summed E-state index contributed by atoms with van der Waals surface area (Å²) < 4.78 is 5.33. The summed E-state index contributed by atoms with van der Waals surface area (Å²) in [5, 5.41) is 5.72. The normalized spacial score (nSPS) is 10.5. The highest BCUT2D eigenvalue weighted by Crippen LogP contribution is 2.15. The van der Waals surface area contributed by atoms with Crippen LogP contribution in [0.25, 0.3) is 0 Å². The Morgan fingerprint density at radius 2 is 1.95 bits per heavy atom.